The molecule has 3 atom stereocenters. The molecule has 0 radical (unpaired) electrons. The number of unbranched alkanes of at least 4 members (excludes halogenated alkanes) is 1. The number of anilines is 2. The molecule has 176 valence electrons. The van der Waals surface area contributed by atoms with Crippen LogP contribution in [0.3, 0.4) is 0 Å². The van der Waals surface area contributed by atoms with Gasteiger partial charge in [0.1, 0.15) is 0 Å². The van der Waals surface area contributed by atoms with Gasteiger partial charge < -0.3 is 25.8 Å². The number of carbonyl (C=O) groups is 2. The van der Waals surface area contributed by atoms with Crippen LogP contribution in [0.4, 0.5) is 16.2 Å². The molecule has 4 rings (SSSR count). The fourth-order valence-electron chi connectivity index (χ4n) is 4.90. The van der Waals surface area contributed by atoms with E-state index in [0.29, 0.717) is 25.7 Å². The molecule has 0 spiro atoms. The minimum Gasteiger partial charge on any atom is -0.369 e. The van der Waals surface area contributed by atoms with E-state index in [0.717, 1.165) is 37.4 Å². The summed E-state index contributed by atoms with van der Waals surface area (Å²) in [5.74, 6) is -0.0752. The van der Waals surface area contributed by atoms with Gasteiger partial charge in [0.05, 0.1) is 23.1 Å². The quantitative estimate of drug-likeness (QED) is 0.412. The standard InChI is InChI=1S/C22H33N5O4S/c1-15-13-16(27-11-9-26(2)10-12-27)7-8-17(15)23-20(28)6-4-3-5-19-21-18(14-32(19,30)31)24-22(29)25-21/h7-8,13,18-19,21H,3-6,9-12,14H2,1-2H3,(H,23,28)(H2,24,25,29)/t18-,19+,21+/m0/s1. The first kappa shape index (κ1) is 22.8. The Morgan fingerprint density at radius 3 is 2.62 bits per heavy atom. The number of rotatable bonds is 7. The number of aryl methyl sites for hydroxylation is 1. The molecule has 1 aromatic rings. The molecule has 3 heterocycles. The second-order valence-corrected chi connectivity index (χ2v) is 11.5. The third-order valence-electron chi connectivity index (χ3n) is 6.82. The Labute approximate surface area is 189 Å². The number of sulfone groups is 1. The van der Waals surface area contributed by atoms with E-state index in [4.69, 9.17) is 0 Å². The van der Waals surface area contributed by atoms with Crippen LogP contribution in [0.15, 0.2) is 18.2 Å². The van der Waals surface area contributed by atoms with Crippen molar-refractivity contribution in [3.05, 3.63) is 23.8 Å². The van der Waals surface area contributed by atoms with Crippen molar-refractivity contribution in [2.45, 2.75) is 49.9 Å². The van der Waals surface area contributed by atoms with Crippen LogP contribution in [-0.4, -0.2) is 81.6 Å². The number of amides is 3. The maximum absolute atomic E-state index is 12.4. The lowest BCUT2D eigenvalue weighted by Crippen LogP contribution is -2.44. The minimum atomic E-state index is -3.23. The summed E-state index contributed by atoms with van der Waals surface area (Å²) in [4.78, 5) is 28.6. The summed E-state index contributed by atoms with van der Waals surface area (Å²) in [5, 5.41) is 7.81. The minimum absolute atomic E-state index is 0.00897. The fraction of sp³-hybridized carbons (Fsp3) is 0.636. The van der Waals surface area contributed by atoms with E-state index in [1.165, 1.54) is 5.69 Å². The molecule has 3 fully saturated rings. The van der Waals surface area contributed by atoms with Crippen LogP contribution >= 0.6 is 0 Å². The van der Waals surface area contributed by atoms with Crippen LogP contribution in [0.25, 0.3) is 0 Å². The van der Waals surface area contributed by atoms with E-state index in [-0.39, 0.29) is 29.8 Å². The molecular formula is C22H33N5O4S. The van der Waals surface area contributed by atoms with Gasteiger partial charge in [0, 0.05) is 44.0 Å². The van der Waals surface area contributed by atoms with Gasteiger partial charge in [0.2, 0.25) is 5.91 Å². The molecular weight excluding hydrogens is 430 g/mol. The van der Waals surface area contributed by atoms with Gasteiger partial charge in [0.25, 0.3) is 0 Å². The van der Waals surface area contributed by atoms with Crippen molar-refractivity contribution in [3.63, 3.8) is 0 Å². The molecule has 0 aliphatic carbocycles. The SMILES string of the molecule is Cc1cc(N2CCN(C)CC2)ccc1NC(=O)CCCC[C@@H]1[C@@H]2NC(=O)N[C@H]2CS1(=O)=O. The lowest BCUT2D eigenvalue weighted by atomic mass is 10.0. The second-order valence-electron chi connectivity index (χ2n) is 9.20. The first-order valence-corrected chi connectivity index (χ1v) is 13.1. The molecule has 0 unspecified atom stereocenters. The van der Waals surface area contributed by atoms with Gasteiger partial charge in [-0.3, -0.25) is 4.79 Å². The number of urea groups is 1. The average molecular weight is 464 g/mol. The topological polar surface area (TPSA) is 111 Å². The van der Waals surface area contributed by atoms with Gasteiger partial charge in [-0.05, 0) is 50.6 Å². The highest BCUT2D eigenvalue weighted by atomic mass is 32.2. The summed E-state index contributed by atoms with van der Waals surface area (Å²) >= 11 is 0. The largest absolute Gasteiger partial charge is 0.369 e. The van der Waals surface area contributed by atoms with Crippen molar-refractivity contribution in [2.24, 2.45) is 0 Å². The molecule has 9 nitrogen and oxygen atoms in total. The van der Waals surface area contributed by atoms with E-state index < -0.39 is 15.1 Å². The maximum atomic E-state index is 12.4. The number of fused-ring (bicyclic) bond motifs is 1. The van der Waals surface area contributed by atoms with E-state index in [9.17, 15) is 18.0 Å². The van der Waals surface area contributed by atoms with Gasteiger partial charge >= 0.3 is 6.03 Å². The van der Waals surface area contributed by atoms with Crippen LogP contribution in [0.5, 0.6) is 0 Å². The molecule has 3 aliphatic rings. The molecule has 1 aromatic carbocycles. The Hall–Kier alpha value is -2.33. The second kappa shape index (κ2) is 9.27. The Morgan fingerprint density at radius 1 is 1.16 bits per heavy atom. The molecule has 3 saturated heterocycles. The summed E-state index contributed by atoms with van der Waals surface area (Å²) in [6.45, 7) is 6.09. The van der Waals surface area contributed by atoms with Crippen molar-refractivity contribution < 1.29 is 18.0 Å². The van der Waals surface area contributed by atoms with Crippen molar-refractivity contribution in [3.8, 4) is 0 Å². The number of piperazine rings is 1. The number of hydrogen-bond acceptors (Lipinski definition) is 6. The van der Waals surface area contributed by atoms with Crippen LogP contribution in [0.1, 0.15) is 31.2 Å². The van der Waals surface area contributed by atoms with Crippen LogP contribution in [-0.2, 0) is 14.6 Å². The van der Waals surface area contributed by atoms with E-state index >= 15 is 0 Å². The number of carbonyl (C=O) groups excluding carboxylic acids is 2. The summed E-state index contributed by atoms with van der Waals surface area (Å²) in [6.07, 6.45) is 2.02. The van der Waals surface area contributed by atoms with Crippen molar-refractivity contribution in [1.29, 1.82) is 0 Å². The Morgan fingerprint density at radius 2 is 1.91 bits per heavy atom. The zero-order valence-corrected chi connectivity index (χ0v) is 19.6. The summed E-state index contributed by atoms with van der Waals surface area (Å²) in [5.41, 5.74) is 3.02. The first-order valence-electron chi connectivity index (χ1n) is 11.4. The predicted molar refractivity (Wildman–Crippen MR) is 125 cm³/mol. The molecule has 0 saturated carbocycles. The summed E-state index contributed by atoms with van der Waals surface area (Å²) in [6, 6.07) is 5.14. The zero-order chi connectivity index (χ0) is 22.9. The highest BCUT2D eigenvalue weighted by molar-refractivity contribution is 7.92. The smallest absolute Gasteiger partial charge is 0.315 e. The van der Waals surface area contributed by atoms with Gasteiger partial charge in [-0.25, -0.2) is 13.2 Å². The van der Waals surface area contributed by atoms with E-state index in [1.807, 2.05) is 13.0 Å². The maximum Gasteiger partial charge on any atom is 0.315 e. The molecule has 10 heteroatoms. The monoisotopic (exact) mass is 463 g/mol. The molecule has 32 heavy (non-hydrogen) atoms. The Balaban J connectivity index is 1.23. The molecule has 3 amide bonds. The normalized spacial score (nSPS) is 27.0. The number of likely N-dealkylation sites (N-methyl/N-ethyl adjacent to an activating group) is 1. The highest BCUT2D eigenvalue weighted by Crippen LogP contribution is 2.29. The fourth-order valence-corrected chi connectivity index (χ4v) is 7.17. The third kappa shape index (κ3) is 5.01. The van der Waals surface area contributed by atoms with Crippen LogP contribution in [0, 0.1) is 6.92 Å². The van der Waals surface area contributed by atoms with Crippen molar-refractivity contribution >= 4 is 33.2 Å². The van der Waals surface area contributed by atoms with E-state index in [2.05, 4.69) is 44.9 Å². The summed E-state index contributed by atoms with van der Waals surface area (Å²) in [7, 11) is -1.09. The molecule has 0 bridgehead atoms. The zero-order valence-electron chi connectivity index (χ0n) is 18.8. The number of hydrogen-bond donors (Lipinski definition) is 3. The van der Waals surface area contributed by atoms with E-state index in [1.54, 1.807) is 0 Å². The third-order valence-corrected chi connectivity index (χ3v) is 9.09. The van der Waals surface area contributed by atoms with Gasteiger partial charge in [-0.15, -0.1) is 0 Å². The first-order chi connectivity index (χ1) is 15.2. The number of nitrogens with one attached hydrogen (secondary N) is 3. The van der Waals surface area contributed by atoms with Crippen LogP contribution < -0.4 is 20.9 Å². The summed E-state index contributed by atoms with van der Waals surface area (Å²) < 4.78 is 24.7. The van der Waals surface area contributed by atoms with Gasteiger partial charge in [0.15, 0.2) is 9.84 Å². The highest BCUT2D eigenvalue weighted by Gasteiger charge is 2.51. The molecule has 3 aliphatic heterocycles. The number of benzene rings is 1. The van der Waals surface area contributed by atoms with Crippen LogP contribution in [0.2, 0.25) is 0 Å². The van der Waals surface area contributed by atoms with Gasteiger partial charge in [-0.2, -0.15) is 0 Å². The average Bonchev–Trinajstić information content (AvgIpc) is 3.18. The lowest BCUT2D eigenvalue weighted by Gasteiger charge is -2.34. The Kier molecular flexibility index (Phi) is 6.62. The lowest BCUT2D eigenvalue weighted by molar-refractivity contribution is -0.116. The van der Waals surface area contributed by atoms with Crippen molar-refractivity contribution in [2.75, 3.05) is 49.2 Å². The Bertz CT molecular complexity index is 975. The number of nitrogens with zero attached hydrogens (tertiary/aromatic N) is 2. The van der Waals surface area contributed by atoms with Crippen molar-refractivity contribution in [1.82, 2.24) is 15.5 Å². The molecule has 3 N–H and O–H groups in total. The molecule has 0 aromatic heterocycles. The van der Waals surface area contributed by atoms with Gasteiger partial charge in [-0.1, -0.05) is 6.42 Å². The predicted octanol–water partition coefficient (Wildman–Crippen LogP) is 1.09.